The number of nitrogens with zero attached hydrogens (tertiary/aromatic N) is 2. The smallest absolute Gasteiger partial charge is 0.490 e. The third-order valence-electron chi connectivity index (χ3n) is 3.30. The quantitative estimate of drug-likeness (QED) is 0.769. The van der Waals surface area contributed by atoms with Crippen molar-refractivity contribution in [2.45, 2.75) is 38.8 Å². The average molecular weight is 308 g/mol. The molecule has 1 aliphatic rings. The summed E-state index contributed by atoms with van der Waals surface area (Å²) in [6.07, 6.45) is 3.33. The molecule has 1 fully saturated rings. The summed E-state index contributed by atoms with van der Waals surface area (Å²) in [5, 5.41) is 18.5. The maximum absolute atomic E-state index is 12.0. The molecule has 1 amide bonds. The Labute approximate surface area is 130 Å². The topological polar surface area (TPSA) is 92.1 Å². The van der Waals surface area contributed by atoms with E-state index < -0.39 is 12.7 Å². The fourth-order valence-corrected chi connectivity index (χ4v) is 2.09. The van der Waals surface area contributed by atoms with E-state index in [9.17, 15) is 14.8 Å². The molecule has 0 unspecified atom stereocenters. The molecule has 1 aromatic heterocycles. The van der Waals surface area contributed by atoms with Crippen molar-refractivity contribution in [3.63, 3.8) is 0 Å². The summed E-state index contributed by atoms with van der Waals surface area (Å²) in [7, 11) is -1.62. The first-order valence-corrected chi connectivity index (χ1v) is 7.20. The summed E-state index contributed by atoms with van der Waals surface area (Å²) in [6.45, 7) is 6.35. The van der Waals surface area contributed by atoms with Crippen LogP contribution in [0.2, 0.25) is 0 Å². The third kappa shape index (κ3) is 4.11. The molecule has 1 saturated heterocycles. The van der Waals surface area contributed by atoms with Gasteiger partial charge in [-0.25, -0.2) is 4.79 Å². The van der Waals surface area contributed by atoms with E-state index in [0.717, 1.165) is 6.42 Å². The van der Waals surface area contributed by atoms with Crippen LogP contribution >= 0.6 is 0 Å². The maximum atomic E-state index is 12.0. The lowest BCUT2D eigenvalue weighted by molar-refractivity contribution is -0.0141. The van der Waals surface area contributed by atoms with E-state index in [-0.39, 0.29) is 24.2 Å². The molecule has 0 aliphatic carbocycles. The van der Waals surface area contributed by atoms with Gasteiger partial charge in [0, 0.05) is 18.2 Å². The van der Waals surface area contributed by atoms with E-state index in [2.05, 4.69) is 4.98 Å². The zero-order valence-corrected chi connectivity index (χ0v) is 13.0. The van der Waals surface area contributed by atoms with Gasteiger partial charge in [0.1, 0.15) is 18.0 Å². The van der Waals surface area contributed by atoms with Crippen LogP contribution in [0.15, 0.2) is 18.5 Å². The molecule has 0 radical (unpaired) electrons. The Kier molecular flexibility index (Phi) is 4.92. The van der Waals surface area contributed by atoms with Gasteiger partial charge in [0.25, 0.3) is 0 Å². The number of aromatic nitrogens is 1. The number of rotatable bonds is 4. The van der Waals surface area contributed by atoms with Gasteiger partial charge in [-0.05, 0) is 33.3 Å². The van der Waals surface area contributed by atoms with Gasteiger partial charge in [-0.1, -0.05) is 0 Å². The summed E-state index contributed by atoms with van der Waals surface area (Å²) >= 11 is 0. The number of amides is 1. The Hall–Kier alpha value is -1.80. The molecule has 1 atom stereocenters. The van der Waals surface area contributed by atoms with Crippen molar-refractivity contribution in [1.82, 2.24) is 9.88 Å². The van der Waals surface area contributed by atoms with Crippen LogP contribution in [0.3, 0.4) is 0 Å². The van der Waals surface area contributed by atoms with E-state index in [1.807, 2.05) is 20.8 Å². The summed E-state index contributed by atoms with van der Waals surface area (Å²) in [4.78, 5) is 17.5. The van der Waals surface area contributed by atoms with E-state index in [4.69, 9.17) is 9.47 Å². The Balaban J connectivity index is 1.91. The molecule has 2 rings (SSSR count). The first-order valence-electron chi connectivity index (χ1n) is 7.20. The highest BCUT2D eigenvalue weighted by Gasteiger charge is 2.35. The van der Waals surface area contributed by atoms with Gasteiger partial charge < -0.3 is 24.4 Å². The highest BCUT2D eigenvalue weighted by Crippen LogP contribution is 2.22. The number of carbonyl (C=O) groups excluding carboxylic acids is 1. The van der Waals surface area contributed by atoms with Crippen LogP contribution in [0.4, 0.5) is 4.79 Å². The van der Waals surface area contributed by atoms with Crippen LogP contribution in [0, 0.1) is 0 Å². The van der Waals surface area contributed by atoms with Crippen LogP contribution < -0.4 is 10.2 Å². The molecule has 0 aromatic carbocycles. The number of hydrogen-bond acceptors (Lipinski definition) is 6. The minimum absolute atomic E-state index is 0.0845. The molecule has 0 bridgehead atoms. The molecule has 1 aliphatic heterocycles. The fraction of sp³-hybridized carbons (Fsp3) is 0.571. The van der Waals surface area contributed by atoms with Crippen molar-refractivity contribution < 1.29 is 24.3 Å². The van der Waals surface area contributed by atoms with Gasteiger partial charge in [0.2, 0.25) is 0 Å². The van der Waals surface area contributed by atoms with Crippen LogP contribution in [0.5, 0.6) is 5.75 Å². The van der Waals surface area contributed by atoms with Crippen molar-refractivity contribution in [1.29, 1.82) is 0 Å². The average Bonchev–Trinajstić information content (AvgIpc) is 2.35. The Bertz CT molecular complexity index is 532. The SMILES string of the molecule is CC(C)(C)OC(=O)N1CC[C@@H]1COc1cnccc1B(O)O. The molecule has 7 nitrogen and oxygen atoms in total. The fourth-order valence-electron chi connectivity index (χ4n) is 2.09. The second kappa shape index (κ2) is 6.54. The van der Waals surface area contributed by atoms with E-state index in [1.165, 1.54) is 18.5 Å². The van der Waals surface area contributed by atoms with E-state index in [0.29, 0.717) is 12.3 Å². The third-order valence-corrected chi connectivity index (χ3v) is 3.30. The molecular formula is C14H21BN2O5. The Morgan fingerprint density at radius 1 is 1.50 bits per heavy atom. The van der Waals surface area contributed by atoms with Gasteiger partial charge in [-0.3, -0.25) is 4.98 Å². The first-order chi connectivity index (χ1) is 10.3. The van der Waals surface area contributed by atoms with Crippen LogP contribution in [-0.4, -0.2) is 57.9 Å². The summed E-state index contributed by atoms with van der Waals surface area (Å²) in [6, 6.07) is 1.39. The molecule has 2 heterocycles. The molecule has 2 N–H and O–H groups in total. The number of carbonyl (C=O) groups is 1. The van der Waals surface area contributed by atoms with Crippen molar-refractivity contribution in [3.8, 4) is 5.75 Å². The molecule has 1 aromatic rings. The largest absolute Gasteiger partial charge is 0.492 e. The van der Waals surface area contributed by atoms with E-state index in [1.54, 1.807) is 4.90 Å². The predicted octanol–water partition coefficient (Wildman–Crippen LogP) is 0.150. The zero-order chi connectivity index (χ0) is 16.3. The summed E-state index contributed by atoms with van der Waals surface area (Å²) in [5.74, 6) is 0.300. The van der Waals surface area contributed by atoms with Gasteiger partial charge in [-0.15, -0.1) is 0 Å². The minimum Gasteiger partial charge on any atom is -0.490 e. The highest BCUT2D eigenvalue weighted by molar-refractivity contribution is 6.59. The molecule has 0 spiro atoms. The zero-order valence-electron chi connectivity index (χ0n) is 13.0. The lowest BCUT2D eigenvalue weighted by atomic mass is 9.80. The lowest BCUT2D eigenvalue weighted by Gasteiger charge is -2.41. The molecule has 22 heavy (non-hydrogen) atoms. The number of pyridine rings is 1. The highest BCUT2D eigenvalue weighted by atomic mass is 16.6. The lowest BCUT2D eigenvalue weighted by Crippen LogP contribution is -2.55. The van der Waals surface area contributed by atoms with Crippen molar-refractivity contribution in [3.05, 3.63) is 18.5 Å². The second-order valence-electron chi connectivity index (χ2n) is 6.21. The second-order valence-corrected chi connectivity index (χ2v) is 6.21. The van der Waals surface area contributed by atoms with Crippen LogP contribution in [-0.2, 0) is 4.74 Å². The summed E-state index contributed by atoms with van der Waals surface area (Å²) < 4.78 is 10.9. The molecule has 0 saturated carbocycles. The Morgan fingerprint density at radius 3 is 2.77 bits per heavy atom. The van der Waals surface area contributed by atoms with Crippen LogP contribution in [0.25, 0.3) is 0 Å². The number of ether oxygens (including phenoxy) is 2. The molecule has 8 heteroatoms. The first kappa shape index (κ1) is 16.6. The van der Waals surface area contributed by atoms with Crippen molar-refractivity contribution in [2.24, 2.45) is 0 Å². The standard InChI is InChI=1S/C14H21BN2O5/c1-14(2,3)22-13(18)17-7-5-10(17)9-21-12-8-16-6-4-11(12)15(19)20/h4,6,8,10,19-20H,5,7,9H2,1-3H3/t10-/m1/s1. The number of hydrogen-bond donors (Lipinski definition) is 2. The summed E-state index contributed by atoms with van der Waals surface area (Å²) in [5.41, 5.74) is -0.284. The van der Waals surface area contributed by atoms with Crippen LogP contribution in [0.1, 0.15) is 27.2 Å². The molecular weight excluding hydrogens is 287 g/mol. The number of likely N-dealkylation sites (tertiary alicyclic amines) is 1. The maximum Gasteiger partial charge on any atom is 0.492 e. The normalized spacial score (nSPS) is 17.7. The van der Waals surface area contributed by atoms with E-state index >= 15 is 0 Å². The van der Waals surface area contributed by atoms with Crippen molar-refractivity contribution >= 4 is 18.7 Å². The minimum atomic E-state index is -1.62. The monoisotopic (exact) mass is 308 g/mol. The predicted molar refractivity (Wildman–Crippen MR) is 80.9 cm³/mol. The van der Waals surface area contributed by atoms with Gasteiger partial charge in [0.15, 0.2) is 0 Å². The molecule has 120 valence electrons. The van der Waals surface area contributed by atoms with Crippen molar-refractivity contribution in [2.75, 3.05) is 13.2 Å². The van der Waals surface area contributed by atoms with Gasteiger partial charge in [0.05, 0.1) is 12.2 Å². The Morgan fingerprint density at radius 2 is 2.23 bits per heavy atom. The van der Waals surface area contributed by atoms with Gasteiger partial charge >= 0.3 is 13.2 Å². The van der Waals surface area contributed by atoms with Gasteiger partial charge in [-0.2, -0.15) is 0 Å².